The van der Waals surface area contributed by atoms with Crippen LogP contribution in [0, 0.1) is 0 Å². The van der Waals surface area contributed by atoms with Crippen molar-refractivity contribution in [3.8, 4) is 0 Å². The summed E-state index contributed by atoms with van der Waals surface area (Å²) in [5, 5.41) is 9.72. The lowest BCUT2D eigenvalue weighted by molar-refractivity contribution is -0.161. The van der Waals surface area contributed by atoms with Gasteiger partial charge in [0.25, 0.3) is 0 Å². The van der Waals surface area contributed by atoms with Gasteiger partial charge in [-0.15, -0.1) is 0 Å². The van der Waals surface area contributed by atoms with E-state index in [1.807, 2.05) is 0 Å². The number of carbonyl (C=O) groups is 2. The van der Waals surface area contributed by atoms with Crippen LogP contribution < -0.4 is 0 Å². The SMILES string of the molecule is CC/C=C\C/C=C\C/C=C\C/C=C\C/C=C\C/C=C\C/C=C\C/C=C\C/C=C\CCCCCCCCCCCCCC(=O)OC(CO)COC(=O)CCCCCCCCCCCCCCCCCCCCCCC/C=C\C/C=C\C/C=C\C/C=C\C/C=C\CC. The van der Waals surface area contributed by atoms with Crippen molar-refractivity contribution in [2.45, 2.75) is 341 Å². The predicted octanol–water partition coefficient (Wildman–Crippen LogP) is 26.8. The number of unbranched alkanes of at least 4 members (excludes halogenated alkanes) is 32. The molecule has 0 aliphatic rings. The second kappa shape index (κ2) is 78.5. The number of allylic oxidation sites excluding steroid dienone is 28. The van der Waals surface area contributed by atoms with Gasteiger partial charge >= 0.3 is 11.9 Å². The number of esters is 2. The summed E-state index contributed by atoms with van der Waals surface area (Å²) in [6, 6.07) is 0. The molecule has 0 aliphatic heterocycles. The van der Waals surface area contributed by atoms with Crippen molar-refractivity contribution >= 4 is 11.9 Å². The molecule has 1 N–H and O–H groups in total. The maximum absolute atomic E-state index is 12.4. The van der Waals surface area contributed by atoms with Crippen LogP contribution in [-0.2, 0) is 19.1 Å². The molecule has 0 rings (SSSR count). The summed E-state index contributed by atoms with van der Waals surface area (Å²) in [7, 11) is 0. The quantitative estimate of drug-likeness (QED) is 0.0373. The van der Waals surface area contributed by atoms with Crippen molar-refractivity contribution < 1.29 is 24.2 Å². The minimum atomic E-state index is -0.784. The molecule has 0 heterocycles. The molecule has 1 atom stereocenters. The third-order valence-corrected chi connectivity index (χ3v) is 16.0. The second-order valence-electron chi connectivity index (χ2n) is 24.6. The van der Waals surface area contributed by atoms with Crippen LogP contribution in [0.2, 0.25) is 0 Å². The minimum absolute atomic E-state index is 0.0717. The summed E-state index contributed by atoms with van der Waals surface area (Å²) in [5.74, 6) is -0.589. The van der Waals surface area contributed by atoms with Crippen LogP contribution >= 0.6 is 0 Å². The van der Waals surface area contributed by atoms with Crippen molar-refractivity contribution in [1.29, 1.82) is 0 Å². The molecule has 0 aliphatic carbocycles. The Morgan fingerprint density at radius 3 is 0.667 bits per heavy atom. The number of aliphatic hydroxyl groups is 1. The lowest BCUT2D eigenvalue weighted by Crippen LogP contribution is -2.28. The lowest BCUT2D eigenvalue weighted by Gasteiger charge is -2.15. The van der Waals surface area contributed by atoms with Gasteiger partial charge in [-0.05, 0) is 128 Å². The van der Waals surface area contributed by atoms with Gasteiger partial charge in [0.2, 0.25) is 0 Å². The first kappa shape index (κ1) is 85.3. The van der Waals surface area contributed by atoms with Crippen molar-refractivity contribution in [2.24, 2.45) is 0 Å². The molecule has 0 aromatic heterocycles. The summed E-state index contributed by atoms with van der Waals surface area (Å²) >= 11 is 0. The molecule has 0 aromatic rings. The van der Waals surface area contributed by atoms with E-state index in [9.17, 15) is 14.7 Å². The lowest BCUT2D eigenvalue weighted by atomic mass is 10.0. The van der Waals surface area contributed by atoms with E-state index in [-0.39, 0.29) is 25.2 Å². The molecule has 0 radical (unpaired) electrons. The van der Waals surface area contributed by atoms with Gasteiger partial charge in [-0.3, -0.25) is 9.59 Å². The molecule has 5 nitrogen and oxygen atoms in total. The fraction of sp³-hybridized carbons (Fsp3) is 0.647. The van der Waals surface area contributed by atoms with E-state index in [1.54, 1.807) is 0 Å². The molecule has 90 heavy (non-hydrogen) atoms. The molecule has 1 unspecified atom stereocenters. The van der Waals surface area contributed by atoms with E-state index in [4.69, 9.17) is 9.47 Å². The van der Waals surface area contributed by atoms with Gasteiger partial charge in [0.05, 0.1) is 6.61 Å². The Hall–Kier alpha value is -4.74. The highest BCUT2D eigenvalue weighted by Crippen LogP contribution is 2.18. The third-order valence-electron chi connectivity index (χ3n) is 16.0. The average Bonchev–Trinajstić information content (AvgIpc) is 3.59. The normalized spacial score (nSPS) is 13.2. The number of hydrogen-bond donors (Lipinski definition) is 1. The summed E-state index contributed by atoms with van der Waals surface area (Å²) in [4.78, 5) is 24.7. The van der Waals surface area contributed by atoms with Crippen LogP contribution in [0.25, 0.3) is 0 Å². The monoisotopic (exact) mass is 1240 g/mol. The maximum Gasteiger partial charge on any atom is 0.306 e. The van der Waals surface area contributed by atoms with Crippen LogP contribution in [-0.4, -0.2) is 36.4 Å². The maximum atomic E-state index is 12.4. The Bertz CT molecular complexity index is 1940. The molecular formula is C85H140O5. The third kappa shape index (κ3) is 75.7. The molecule has 0 fully saturated rings. The Morgan fingerprint density at radius 1 is 0.256 bits per heavy atom. The number of aliphatic hydroxyl groups excluding tert-OH is 1. The first-order chi connectivity index (χ1) is 44.6. The van der Waals surface area contributed by atoms with E-state index >= 15 is 0 Å². The number of carbonyl (C=O) groups excluding carboxylic acids is 2. The fourth-order valence-corrected chi connectivity index (χ4v) is 10.5. The van der Waals surface area contributed by atoms with Gasteiger partial charge in [-0.1, -0.05) is 364 Å². The fourth-order valence-electron chi connectivity index (χ4n) is 10.5. The van der Waals surface area contributed by atoms with E-state index < -0.39 is 6.10 Å². The molecule has 510 valence electrons. The largest absolute Gasteiger partial charge is 0.462 e. The van der Waals surface area contributed by atoms with Gasteiger partial charge < -0.3 is 14.6 Å². The molecule has 0 aromatic carbocycles. The second-order valence-corrected chi connectivity index (χ2v) is 24.6. The molecule has 0 bridgehead atoms. The first-order valence-electron chi connectivity index (χ1n) is 37.7. The topological polar surface area (TPSA) is 72.8 Å². The molecule has 0 saturated heterocycles. The van der Waals surface area contributed by atoms with Crippen molar-refractivity contribution in [1.82, 2.24) is 0 Å². The number of hydrogen-bond acceptors (Lipinski definition) is 5. The van der Waals surface area contributed by atoms with Gasteiger partial charge in [0.1, 0.15) is 6.61 Å². The van der Waals surface area contributed by atoms with Crippen LogP contribution in [0.15, 0.2) is 170 Å². The zero-order valence-electron chi connectivity index (χ0n) is 58.6. The number of rotatable bonds is 68. The summed E-state index contributed by atoms with van der Waals surface area (Å²) in [6.45, 7) is 3.93. The van der Waals surface area contributed by atoms with Crippen LogP contribution in [0.1, 0.15) is 335 Å². The molecule has 0 spiro atoms. The smallest absolute Gasteiger partial charge is 0.306 e. The molecule has 0 amide bonds. The summed E-state index contributed by atoms with van der Waals surface area (Å²) in [5.41, 5.74) is 0. The van der Waals surface area contributed by atoms with Crippen molar-refractivity contribution in [3.63, 3.8) is 0 Å². The minimum Gasteiger partial charge on any atom is -0.462 e. The Labute approximate surface area is 557 Å². The number of ether oxygens (including phenoxy) is 2. The Balaban J connectivity index is 3.50. The molecular weight excluding hydrogens is 1100 g/mol. The van der Waals surface area contributed by atoms with E-state index in [1.165, 1.54) is 180 Å². The Kier molecular flexibility index (Phi) is 74.4. The zero-order valence-corrected chi connectivity index (χ0v) is 58.6. The highest BCUT2D eigenvalue weighted by molar-refractivity contribution is 5.70. The van der Waals surface area contributed by atoms with Crippen LogP contribution in [0.3, 0.4) is 0 Å². The van der Waals surface area contributed by atoms with Crippen molar-refractivity contribution in [3.05, 3.63) is 170 Å². The van der Waals surface area contributed by atoms with Gasteiger partial charge in [0.15, 0.2) is 6.10 Å². The molecule has 0 saturated carbocycles. The van der Waals surface area contributed by atoms with Gasteiger partial charge in [0, 0.05) is 12.8 Å². The van der Waals surface area contributed by atoms with Crippen LogP contribution in [0.4, 0.5) is 0 Å². The molecule has 5 heteroatoms. The van der Waals surface area contributed by atoms with Gasteiger partial charge in [-0.2, -0.15) is 0 Å². The van der Waals surface area contributed by atoms with E-state index in [2.05, 4.69) is 184 Å². The standard InChI is InChI=1S/C85H140O5/c1-3-5-7-9-11-13-15-17-19-21-23-25-27-29-31-33-35-37-39-41-42-44-46-48-50-52-54-56-58-60-62-64-66-68-70-72-74-76-78-80-85(88)90-83(81-86)82-89-84(87)79-77-75-73-71-69-67-65-63-61-59-57-55-53-51-49-47-45-43-40-38-36-34-32-30-28-26-24-22-20-18-16-14-12-10-8-6-4-2/h5-8,11-14,17-20,23-26,29-32,35,37,41-42,46,48,52,54,83,86H,3-4,9-10,15-16,21-22,27-28,33-34,36,38-40,43-45,47,49-51,53,55-82H2,1-2H3/b7-5-,8-6-,13-11-,14-12-,19-17-,20-18-,25-23-,26-24-,31-29-,32-30-,37-35-,42-41-,48-46-,54-52-. The first-order valence-corrected chi connectivity index (χ1v) is 37.7. The van der Waals surface area contributed by atoms with E-state index in [0.29, 0.717) is 12.8 Å². The average molecular weight is 1240 g/mol. The zero-order chi connectivity index (χ0) is 64.7. The van der Waals surface area contributed by atoms with E-state index in [0.717, 1.165) is 128 Å². The highest BCUT2D eigenvalue weighted by atomic mass is 16.6. The predicted molar refractivity (Wildman–Crippen MR) is 398 cm³/mol. The van der Waals surface area contributed by atoms with Gasteiger partial charge in [-0.25, -0.2) is 0 Å². The Morgan fingerprint density at radius 2 is 0.444 bits per heavy atom. The summed E-state index contributed by atoms with van der Waals surface area (Å²) in [6.07, 6.45) is 121. The van der Waals surface area contributed by atoms with Crippen molar-refractivity contribution in [2.75, 3.05) is 13.2 Å². The summed E-state index contributed by atoms with van der Waals surface area (Å²) < 4.78 is 10.8. The van der Waals surface area contributed by atoms with Crippen LogP contribution in [0.5, 0.6) is 0 Å². The highest BCUT2D eigenvalue weighted by Gasteiger charge is 2.16.